The zero-order chi connectivity index (χ0) is 13.3. The van der Waals surface area contributed by atoms with Gasteiger partial charge in [0, 0.05) is 29.3 Å². The molecule has 0 amide bonds. The summed E-state index contributed by atoms with van der Waals surface area (Å²) in [6.45, 7) is 7.37. The number of nitrogens with two attached hydrogens (primary N) is 1. The van der Waals surface area contributed by atoms with E-state index in [1.165, 1.54) is 0 Å². The minimum atomic E-state index is 0.328. The van der Waals surface area contributed by atoms with Crippen molar-refractivity contribution < 1.29 is 0 Å². The molecule has 1 saturated heterocycles. The van der Waals surface area contributed by atoms with Crippen molar-refractivity contribution in [3.05, 3.63) is 17.5 Å². The summed E-state index contributed by atoms with van der Waals surface area (Å²) in [6, 6.07) is 2.25. The molecule has 2 heterocycles. The van der Waals surface area contributed by atoms with E-state index < -0.39 is 0 Å². The van der Waals surface area contributed by atoms with Crippen molar-refractivity contribution in [1.29, 1.82) is 0 Å². The number of aromatic nitrogens is 2. The van der Waals surface area contributed by atoms with Gasteiger partial charge in [0.25, 0.3) is 0 Å². The van der Waals surface area contributed by atoms with Crippen LogP contribution in [0.1, 0.15) is 25.2 Å². The van der Waals surface area contributed by atoms with E-state index in [1.54, 1.807) is 0 Å². The Labute approximate surface area is 117 Å². The first-order chi connectivity index (χ1) is 8.49. The molecule has 1 fully saturated rings. The van der Waals surface area contributed by atoms with Gasteiger partial charge in [-0.2, -0.15) is 11.8 Å². The van der Waals surface area contributed by atoms with Gasteiger partial charge in [-0.1, -0.05) is 19.1 Å². The maximum Gasteiger partial charge on any atom is 0.226 e. The molecule has 98 valence electrons. The van der Waals surface area contributed by atoms with Crippen LogP contribution in [0.4, 0.5) is 5.95 Å². The molecule has 18 heavy (non-hydrogen) atoms. The lowest BCUT2D eigenvalue weighted by atomic mass is 10.2. The highest BCUT2D eigenvalue weighted by molar-refractivity contribution is 8.00. The zero-order valence-electron chi connectivity index (χ0n) is 10.9. The predicted molar refractivity (Wildman–Crippen MR) is 81.4 cm³/mol. The molecular weight excluding hydrogens is 264 g/mol. The molecule has 0 radical (unpaired) electrons. The molecule has 0 spiro atoms. The van der Waals surface area contributed by atoms with Crippen LogP contribution in [0.15, 0.2) is 6.07 Å². The normalized spacial score (nSPS) is 24.1. The van der Waals surface area contributed by atoms with E-state index in [9.17, 15) is 0 Å². The third kappa shape index (κ3) is 2.75. The van der Waals surface area contributed by atoms with Gasteiger partial charge in [0.15, 0.2) is 0 Å². The van der Waals surface area contributed by atoms with Gasteiger partial charge < -0.3 is 10.6 Å². The van der Waals surface area contributed by atoms with Gasteiger partial charge in [0.2, 0.25) is 5.95 Å². The lowest BCUT2D eigenvalue weighted by molar-refractivity contribution is 0.611. The van der Waals surface area contributed by atoms with E-state index >= 15 is 0 Å². The topological polar surface area (TPSA) is 55.0 Å². The highest BCUT2D eigenvalue weighted by atomic mass is 32.2. The van der Waals surface area contributed by atoms with Crippen LogP contribution in [0.25, 0.3) is 0 Å². The van der Waals surface area contributed by atoms with Gasteiger partial charge in [0.05, 0.1) is 0 Å². The van der Waals surface area contributed by atoms with Crippen molar-refractivity contribution in [2.45, 2.75) is 32.1 Å². The molecule has 2 N–H and O–H groups in total. The number of aryl methyl sites for hydroxylation is 1. The first-order valence-electron chi connectivity index (χ1n) is 6.03. The van der Waals surface area contributed by atoms with Crippen LogP contribution in [0.3, 0.4) is 0 Å². The van der Waals surface area contributed by atoms with Crippen molar-refractivity contribution >= 4 is 34.9 Å². The highest BCUT2D eigenvalue weighted by Gasteiger charge is 2.27. The van der Waals surface area contributed by atoms with E-state index in [2.05, 4.69) is 28.7 Å². The summed E-state index contributed by atoms with van der Waals surface area (Å²) in [7, 11) is 0. The van der Waals surface area contributed by atoms with Crippen molar-refractivity contribution in [3.63, 3.8) is 0 Å². The molecular formula is C12H18N4S2. The molecule has 2 atom stereocenters. The van der Waals surface area contributed by atoms with Crippen LogP contribution in [-0.2, 0) is 0 Å². The molecule has 2 rings (SSSR count). The fourth-order valence-corrected chi connectivity index (χ4v) is 3.23. The smallest absolute Gasteiger partial charge is 0.226 e. The van der Waals surface area contributed by atoms with Crippen LogP contribution < -0.4 is 10.6 Å². The van der Waals surface area contributed by atoms with E-state index in [-0.39, 0.29) is 0 Å². The van der Waals surface area contributed by atoms with E-state index in [0.29, 0.717) is 22.0 Å². The summed E-state index contributed by atoms with van der Waals surface area (Å²) < 4.78 is 0. The average Bonchev–Trinajstić information content (AvgIpc) is 2.31. The summed E-state index contributed by atoms with van der Waals surface area (Å²) in [6.07, 6.45) is 0. The minimum absolute atomic E-state index is 0.328. The van der Waals surface area contributed by atoms with Gasteiger partial charge in [0.1, 0.15) is 10.7 Å². The number of thioether (sulfide) groups is 1. The largest absolute Gasteiger partial charge is 0.388 e. The SMILES string of the molecule is Cc1cc(C(N)=S)nc(N2CCSC(C)C2C)n1. The molecule has 1 aliphatic rings. The molecule has 1 aliphatic heterocycles. The number of hydrogen-bond donors (Lipinski definition) is 1. The lowest BCUT2D eigenvalue weighted by Crippen LogP contribution is -2.45. The number of thiocarbonyl (C=S) groups is 1. The first-order valence-corrected chi connectivity index (χ1v) is 7.48. The number of anilines is 1. The Hall–Kier alpha value is -0.880. The van der Waals surface area contributed by atoms with E-state index in [1.807, 2.05) is 24.8 Å². The average molecular weight is 282 g/mol. The van der Waals surface area contributed by atoms with Gasteiger partial charge in [-0.25, -0.2) is 9.97 Å². The Kier molecular flexibility index (Phi) is 4.07. The van der Waals surface area contributed by atoms with E-state index in [4.69, 9.17) is 18.0 Å². The fraction of sp³-hybridized carbons (Fsp3) is 0.583. The van der Waals surface area contributed by atoms with Gasteiger partial charge in [-0.3, -0.25) is 0 Å². The van der Waals surface area contributed by atoms with Crippen LogP contribution in [0, 0.1) is 6.92 Å². The van der Waals surface area contributed by atoms with Crippen molar-refractivity contribution in [2.24, 2.45) is 5.73 Å². The Morgan fingerprint density at radius 1 is 1.50 bits per heavy atom. The summed E-state index contributed by atoms with van der Waals surface area (Å²) in [4.78, 5) is 11.6. The monoisotopic (exact) mass is 282 g/mol. The maximum atomic E-state index is 5.66. The Balaban J connectivity index is 2.35. The number of hydrogen-bond acceptors (Lipinski definition) is 5. The van der Waals surface area contributed by atoms with Crippen LogP contribution >= 0.6 is 24.0 Å². The van der Waals surface area contributed by atoms with Gasteiger partial charge >= 0.3 is 0 Å². The third-order valence-electron chi connectivity index (χ3n) is 3.24. The predicted octanol–water partition coefficient (Wildman–Crippen LogP) is 1.75. The van der Waals surface area contributed by atoms with Crippen LogP contribution in [0.5, 0.6) is 0 Å². The van der Waals surface area contributed by atoms with Crippen LogP contribution in [-0.4, -0.2) is 38.5 Å². The Morgan fingerprint density at radius 2 is 2.22 bits per heavy atom. The molecule has 2 unspecified atom stereocenters. The molecule has 0 aliphatic carbocycles. The minimum Gasteiger partial charge on any atom is -0.388 e. The summed E-state index contributed by atoms with van der Waals surface area (Å²) in [5.74, 6) is 1.85. The molecule has 1 aromatic heterocycles. The molecule has 0 aromatic carbocycles. The van der Waals surface area contributed by atoms with Gasteiger partial charge in [-0.05, 0) is 19.9 Å². The van der Waals surface area contributed by atoms with Crippen molar-refractivity contribution in [1.82, 2.24) is 9.97 Å². The molecule has 1 aromatic rings. The summed E-state index contributed by atoms with van der Waals surface area (Å²) in [5, 5.41) is 0.580. The highest BCUT2D eigenvalue weighted by Crippen LogP contribution is 2.27. The number of nitrogens with zero attached hydrogens (tertiary/aromatic N) is 3. The van der Waals surface area contributed by atoms with Crippen molar-refractivity contribution in [2.75, 3.05) is 17.2 Å². The second kappa shape index (κ2) is 5.40. The Morgan fingerprint density at radius 3 is 2.89 bits per heavy atom. The molecule has 4 nitrogen and oxygen atoms in total. The molecule has 6 heteroatoms. The Bertz CT molecular complexity index is 463. The van der Waals surface area contributed by atoms with Crippen molar-refractivity contribution in [3.8, 4) is 0 Å². The lowest BCUT2D eigenvalue weighted by Gasteiger charge is -2.37. The molecule has 0 saturated carbocycles. The number of rotatable bonds is 2. The third-order valence-corrected chi connectivity index (χ3v) is 4.78. The summed E-state index contributed by atoms with van der Waals surface area (Å²) in [5.41, 5.74) is 7.22. The second-order valence-electron chi connectivity index (χ2n) is 4.57. The fourth-order valence-electron chi connectivity index (χ4n) is 2.02. The standard InChI is InChI=1S/C12H18N4S2/c1-7-6-10(11(13)17)15-12(14-7)16-4-5-18-9(3)8(16)2/h6,8-9H,4-5H2,1-3H3,(H2,13,17). The van der Waals surface area contributed by atoms with Gasteiger partial charge in [-0.15, -0.1) is 0 Å². The summed E-state index contributed by atoms with van der Waals surface area (Å²) >= 11 is 6.99. The second-order valence-corrected chi connectivity index (χ2v) is 6.49. The van der Waals surface area contributed by atoms with E-state index in [0.717, 1.165) is 23.9 Å². The molecule has 0 bridgehead atoms. The zero-order valence-corrected chi connectivity index (χ0v) is 12.5. The first kappa shape index (κ1) is 13.5. The van der Waals surface area contributed by atoms with Crippen LogP contribution in [0.2, 0.25) is 0 Å². The maximum absolute atomic E-state index is 5.66. The quantitative estimate of drug-likeness (QED) is 0.834.